The second-order valence-electron chi connectivity index (χ2n) is 6.50. The molecule has 1 fully saturated rings. The number of hydrogen-bond acceptors (Lipinski definition) is 3. The fourth-order valence-corrected chi connectivity index (χ4v) is 3.58. The molecule has 0 aliphatic carbocycles. The van der Waals surface area contributed by atoms with Crippen LogP contribution in [0.1, 0.15) is 26.2 Å². The quantitative estimate of drug-likeness (QED) is 0.786. The zero-order valence-corrected chi connectivity index (χ0v) is 13.7. The SMILES string of the molecule is CC1CCCCN1C(=O)Cn1ncc2c([nH]c3ccccc32)c1=O. The number of amides is 1. The van der Waals surface area contributed by atoms with E-state index in [4.69, 9.17) is 0 Å². The van der Waals surface area contributed by atoms with Crippen molar-refractivity contribution in [1.82, 2.24) is 19.7 Å². The van der Waals surface area contributed by atoms with E-state index in [1.54, 1.807) is 6.20 Å². The molecule has 6 nitrogen and oxygen atoms in total. The molecule has 124 valence electrons. The average Bonchev–Trinajstić information content (AvgIpc) is 2.97. The second kappa shape index (κ2) is 5.78. The lowest BCUT2D eigenvalue weighted by Gasteiger charge is -2.33. The summed E-state index contributed by atoms with van der Waals surface area (Å²) in [5, 5.41) is 5.99. The van der Waals surface area contributed by atoms with Crippen molar-refractivity contribution in [2.45, 2.75) is 38.8 Å². The van der Waals surface area contributed by atoms with Crippen LogP contribution >= 0.6 is 0 Å². The van der Waals surface area contributed by atoms with E-state index in [0.29, 0.717) is 5.52 Å². The van der Waals surface area contributed by atoms with Gasteiger partial charge in [-0.25, -0.2) is 4.68 Å². The summed E-state index contributed by atoms with van der Waals surface area (Å²) in [6.07, 6.45) is 4.88. The Bertz CT molecular complexity index is 972. The highest BCUT2D eigenvalue weighted by molar-refractivity contribution is 6.06. The number of aromatic nitrogens is 3. The number of benzene rings is 1. The summed E-state index contributed by atoms with van der Waals surface area (Å²) < 4.78 is 1.27. The highest BCUT2D eigenvalue weighted by Crippen LogP contribution is 2.22. The van der Waals surface area contributed by atoms with Crippen molar-refractivity contribution in [3.8, 4) is 0 Å². The Labute approximate surface area is 139 Å². The van der Waals surface area contributed by atoms with Crippen molar-refractivity contribution in [3.63, 3.8) is 0 Å². The molecular formula is C18H20N4O2. The van der Waals surface area contributed by atoms with Gasteiger partial charge in [-0.1, -0.05) is 18.2 Å². The molecule has 1 amide bonds. The van der Waals surface area contributed by atoms with Crippen molar-refractivity contribution in [2.24, 2.45) is 0 Å². The number of rotatable bonds is 2. The molecule has 1 aromatic carbocycles. The first-order chi connectivity index (χ1) is 11.6. The van der Waals surface area contributed by atoms with Crippen LogP contribution in [0.25, 0.3) is 21.8 Å². The van der Waals surface area contributed by atoms with Gasteiger partial charge >= 0.3 is 0 Å². The van der Waals surface area contributed by atoms with Gasteiger partial charge < -0.3 is 9.88 Å². The molecule has 4 rings (SSSR count). The number of piperidine rings is 1. The number of para-hydroxylation sites is 1. The van der Waals surface area contributed by atoms with Crippen molar-refractivity contribution in [1.29, 1.82) is 0 Å². The molecule has 6 heteroatoms. The summed E-state index contributed by atoms with van der Waals surface area (Å²) in [6.45, 7) is 2.83. The molecule has 1 N–H and O–H groups in total. The first kappa shape index (κ1) is 14.9. The molecule has 1 atom stereocenters. The minimum Gasteiger partial charge on any atom is -0.350 e. The summed E-state index contributed by atoms with van der Waals surface area (Å²) in [6, 6.07) is 7.98. The van der Waals surface area contributed by atoms with Crippen LogP contribution in [0.5, 0.6) is 0 Å². The van der Waals surface area contributed by atoms with Gasteiger partial charge in [-0.05, 0) is 32.3 Å². The maximum absolute atomic E-state index is 12.7. The van der Waals surface area contributed by atoms with Gasteiger partial charge in [0.1, 0.15) is 12.1 Å². The second-order valence-corrected chi connectivity index (χ2v) is 6.50. The molecule has 24 heavy (non-hydrogen) atoms. The van der Waals surface area contributed by atoms with Crippen LogP contribution in [0.3, 0.4) is 0 Å². The molecule has 0 bridgehead atoms. The largest absolute Gasteiger partial charge is 0.350 e. The fourth-order valence-electron chi connectivity index (χ4n) is 3.58. The highest BCUT2D eigenvalue weighted by Gasteiger charge is 2.24. The van der Waals surface area contributed by atoms with E-state index in [1.807, 2.05) is 29.2 Å². The topological polar surface area (TPSA) is 71.0 Å². The Morgan fingerprint density at radius 3 is 2.96 bits per heavy atom. The Morgan fingerprint density at radius 1 is 1.29 bits per heavy atom. The van der Waals surface area contributed by atoms with Crippen molar-refractivity contribution in [3.05, 3.63) is 40.8 Å². The lowest BCUT2D eigenvalue weighted by Crippen LogP contribution is -2.45. The number of carbonyl (C=O) groups is 1. The molecule has 1 aliphatic heterocycles. The zero-order chi connectivity index (χ0) is 16.7. The number of H-pyrrole nitrogens is 1. The maximum Gasteiger partial charge on any atom is 0.291 e. The Kier molecular flexibility index (Phi) is 3.59. The molecule has 1 unspecified atom stereocenters. The normalized spacial score (nSPS) is 18.4. The number of nitrogens with one attached hydrogen (secondary N) is 1. The molecule has 0 saturated carbocycles. The van der Waals surface area contributed by atoms with Gasteiger partial charge in [0.15, 0.2) is 0 Å². The summed E-state index contributed by atoms with van der Waals surface area (Å²) in [5.74, 6) is -0.0349. The minimum atomic E-state index is -0.248. The molecule has 0 spiro atoms. The van der Waals surface area contributed by atoms with Crippen molar-refractivity contribution in [2.75, 3.05) is 6.54 Å². The number of nitrogens with zero attached hydrogens (tertiary/aromatic N) is 3. The summed E-state index contributed by atoms with van der Waals surface area (Å²) in [7, 11) is 0. The lowest BCUT2D eigenvalue weighted by atomic mass is 10.0. The van der Waals surface area contributed by atoms with Crippen LogP contribution in [0.15, 0.2) is 35.3 Å². The molecule has 2 aromatic heterocycles. The van der Waals surface area contributed by atoms with Crippen molar-refractivity contribution >= 4 is 27.7 Å². The van der Waals surface area contributed by atoms with Gasteiger partial charge in [-0.2, -0.15) is 5.10 Å². The van der Waals surface area contributed by atoms with Gasteiger partial charge in [-0.15, -0.1) is 0 Å². The third-order valence-corrected chi connectivity index (χ3v) is 4.93. The Hall–Kier alpha value is -2.63. The molecule has 3 aromatic rings. The molecule has 1 saturated heterocycles. The van der Waals surface area contributed by atoms with E-state index in [1.165, 1.54) is 4.68 Å². The van der Waals surface area contributed by atoms with Gasteiger partial charge in [0.05, 0.1) is 6.20 Å². The van der Waals surface area contributed by atoms with E-state index in [0.717, 1.165) is 42.1 Å². The van der Waals surface area contributed by atoms with Gasteiger partial charge in [-0.3, -0.25) is 9.59 Å². The number of fused-ring (bicyclic) bond motifs is 3. The van der Waals surface area contributed by atoms with Crippen LogP contribution in [0.4, 0.5) is 0 Å². The monoisotopic (exact) mass is 324 g/mol. The highest BCUT2D eigenvalue weighted by atomic mass is 16.2. The summed E-state index contributed by atoms with van der Waals surface area (Å²) >= 11 is 0. The van der Waals surface area contributed by atoms with Gasteiger partial charge in [0, 0.05) is 28.9 Å². The third-order valence-electron chi connectivity index (χ3n) is 4.93. The Morgan fingerprint density at radius 2 is 2.12 bits per heavy atom. The van der Waals surface area contributed by atoms with Gasteiger partial charge in [0.2, 0.25) is 5.91 Å². The fraction of sp³-hybridized carbons (Fsp3) is 0.389. The standard InChI is InChI=1S/C18H20N4O2/c1-12-6-4-5-9-21(12)16(23)11-22-18(24)17-14(10-19-22)13-7-2-3-8-15(13)20-17/h2-3,7-8,10,12,20H,4-6,9,11H2,1H3. The van der Waals surface area contributed by atoms with Gasteiger partial charge in [0.25, 0.3) is 5.56 Å². The maximum atomic E-state index is 12.7. The first-order valence-electron chi connectivity index (χ1n) is 8.41. The van der Waals surface area contributed by atoms with Crippen LogP contribution in [0.2, 0.25) is 0 Å². The van der Waals surface area contributed by atoms with E-state index in [9.17, 15) is 9.59 Å². The van der Waals surface area contributed by atoms with E-state index < -0.39 is 0 Å². The molecular weight excluding hydrogens is 304 g/mol. The third kappa shape index (κ3) is 2.38. The first-order valence-corrected chi connectivity index (χ1v) is 8.41. The zero-order valence-electron chi connectivity index (χ0n) is 13.7. The summed E-state index contributed by atoms with van der Waals surface area (Å²) in [4.78, 5) is 30.3. The Balaban J connectivity index is 1.70. The molecule has 3 heterocycles. The molecule has 1 aliphatic rings. The van der Waals surface area contributed by atoms with Crippen LogP contribution in [-0.4, -0.2) is 38.2 Å². The van der Waals surface area contributed by atoms with Crippen LogP contribution in [0, 0.1) is 0 Å². The number of hydrogen-bond donors (Lipinski definition) is 1. The van der Waals surface area contributed by atoms with E-state index in [2.05, 4.69) is 17.0 Å². The number of aromatic amines is 1. The average molecular weight is 324 g/mol. The van der Waals surface area contributed by atoms with Crippen LogP contribution in [-0.2, 0) is 11.3 Å². The van der Waals surface area contributed by atoms with Crippen molar-refractivity contribution < 1.29 is 4.79 Å². The summed E-state index contributed by atoms with van der Waals surface area (Å²) in [5.41, 5.74) is 1.16. The van der Waals surface area contributed by atoms with E-state index in [-0.39, 0.29) is 24.1 Å². The number of likely N-dealkylation sites (tertiary alicyclic amines) is 1. The minimum absolute atomic E-state index is 0.00548. The van der Waals surface area contributed by atoms with E-state index >= 15 is 0 Å². The predicted molar refractivity (Wildman–Crippen MR) is 92.9 cm³/mol. The van der Waals surface area contributed by atoms with Crippen LogP contribution < -0.4 is 5.56 Å². The number of carbonyl (C=O) groups excluding carboxylic acids is 1. The predicted octanol–water partition coefficient (Wildman–Crippen LogP) is 2.28. The molecule has 0 radical (unpaired) electrons. The lowest BCUT2D eigenvalue weighted by molar-refractivity contribution is -0.135. The smallest absolute Gasteiger partial charge is 0.291 e.